The Morgan fingerprint density at radius 3 is 2.38 bits per heavy atom. The lowest BCUT2D eigenvalue weighted by atomic mass is 10.1. The van der Waals surface area contributed by atoms with Crippen LogP contribution in [0.25, 0.3) is 22.4 Å². The zero-order valence-electron chi connectivity index (χ0n) is 21.3. The predicted molar refractivity (Wildman–Crippen MR) is 137 cm³/mol. The number of nitrogens with zero attached hydrogens (tertiary/aromatic N) is 5. The van der Waals surface area contributed by atoms with Gasteiger partial charge in [-0.05, 0) is 38.6 Å². The number of likely N-dealkylation sites (N-methyl/N-ethyl adjacent to an activating group) is 1. The van der Waals surface area contributed by atoms with Crippen LogP contribution >= 0.6 is 0 Å². The Balaban J connectivity index is 0.000000886. The molecule has 0 bridgehead atoms. The van der Waals surface area contributed by atoms with Crippen LogP contribution in [-0.2, 0) is 23.5 Å². The molecule has 13 nitrogen and oxygen atoms in total. The second-order valence-electron chi connectivity index (χ2n) is 8.51. The van der Waals surface area contributed by atoms with Gasteiger partial charge in [-0.3, -0.25) is 9.48 Å². The molecule has 3 aromatic rings. The van der Waals surface area contributed by atoms with Gasteiger partial charge >= 0.3 is 6.16 Å². The largest absolute Gasteiger partial charge is 0.503 e. The third kappa shape index (κ3) is 6.26. The van der Waals surface area contributed by atoms with Gasteiger partial charge in [0.1, 0.15) is 17.1 Å². The fourth-order valence-electron chi connectivity index (χ4n) is 4.09. The Bertz CT molecular complexity index is 1420. The Hall–Kier alpha value is -3.49. The molecular weight excluding hydrogens is 504 g/mol. The summed E-state index contributed by atoms with van der Waals surface area (Å²) < 4.78 is 35.4. The number of fused-ring (bicyclic) bond motifs is 1. The SMILES string of the molecule is CCCc1nn(C)c2c(=O)[nH]c(-c3cc(S(=O)(=O)N4CCN(C)CC4)ccc3OCC)nc12.O=C(O)O. The number of benzene rings is 1. The van der Waals surface area contributed by atoms with E-state index in [4.69, 9.17) is 24.7 Å². The normalized spacial score (nSPS) is 14.8. The molecule has 0 aliphatic carbocycles. The first-order valence-electron chi connectivity index (χ1n) is 11.8. The lowest BCUT2D eigenvalue weighted by Gasteiger charge is -2.31. The van der Waals surface area contributed by atoms with Crippen LogP contribution in [0.4, 0.5) is 4.79 Å². The number of rotatable bonds is 7. The number of H-pyrrole nitrogens is 1. The van der Waals surface area contributed by atoms with Crippen molar-refractivity contribution in [3.8, 4) is 17.1 Å². The third-order valence-corrected chi connectivity index (χ3v) is 7.75. The number of ether oxygens (including phenoxy) is 1. The van der Waals surface area contributed by atoms with E-state index in [-0.39, 0.29) is 16.3 Å². The maximum Gasteiger partial charge on any atom is 0.503 e. The Morgan fingerprint density at radius 1 is 1.14 bits per heavy atom. The van der Waals surface area contributed by atoms with Gasteiger partial charge in [0.2, 0.25) is 10.0 Å². The smallest absolute Gasteiger partial charge is 0.493 e. The van der Waals surface area contributed by atoms with Crippen molar-refractivity contribution in [1.29, 1.82) is 0 Å². The second-order valence-corrected chi connectivity index (χ2v) is 10.5. The van der Waals surface area contributed by atoms with E-state index in [0.717, 1.165) is 12.1 Å². The summed E-state index contributed by atoms with van der Waals surface area (Å²) in [6.45, 7) is 6.48. The van der Waals surface area contributed by atoms with Crippen LogP contribution in [-0.4, -0.2) is 93.6 Å². The van der Waals surface area contributed by atoms with E-state index in [9.17, 15) is 13.2 Å². The number of aromatic amines is 1. The summed E-state index contributed by atoms with van der Waals surface area (Å²) in [5.74, 6) is 0.718. The van der Waals surface area contributed by atoms with Gasteiger partial charge in [0.05, 0.1) is 22.8 Å². The van der Waals surface area contributed by atoms with Gasteiger partial charge in [-0.2, -0.15) is 9.40 Å². The maximum absolute atomic E-state index is 13.3. The van der Waals surface area contributed by atoms with Gasteiger partial charge in [0, 0.05) is 33.2 Å². The number of carbonyl (C=O) groups is 1. The average molecular weight is 537 g/mol. The summed E-state index contributed by atoms with van der Waals surface area (Å²) in [6.07, 6.45) is -0.289. The van der Waals surface area contributed by atoms with Crippen LogP contribution in [0.2, 0.25) is 0 Å². The van der Waals surface area contributed by atoms with Crippen molar-refractivity contribution < 1.29 is 28.2 Å². The van der Waals surface area contributed by atoms with Crippen molar-refractivity contribution in [2.45, 2.75) is 31.6 Å². The lowest BCUT2D eigenvalue weighted by molar-refractivity contribution is 0.137. The molecule has 1 aromatic carbocycles. The van der Waals surface area contributed by atoms with Gasteiger partial charge in [-0.15, -0.1) is 0 Å². The van der Waals surface area contributed by atoms with E-state index in [2.05, 4.69) is 15.0 Å². The van der Waals surface area contributed by atoms with E-state index >= 15 is 0 Å². The number of carboxylic acid groups (broad SMARTS) is 2. The Morgan fingerprint density at radius 2 is 1.78 bits per heavy atom. The van der Waals surface area contributed by atoms with Crippen molar-refractivity contribution in [2.24, 2.45) is 7.05 Å². The molecule has 0 radical (unpaired) electrons. The number of hydrogen-bond donors (Lipinski definition) is 3. The third-order valence-electron chi connectivity index (χ3n) is 5.86. The highest BCUT2D eigenvalue weighted by molar-refractivity contribution is 7.89. The number of aryl methyl sites for hydroxylation is 2. The molecule has 4 rings (SSSR count). The first kappa shape index (κ1) is 28.1. The zero-order chi connectivity index (χ0) is 27.3. The molecule has 0 spiro atoms. The number of sulfonamides is 1. The molecule has 2 aromatic heterocycles. The Kier molecular flexibility index (Phi) is 8.89. The van der Waals surface area contributed by atoms with Crippen molar-refractivity contribution >= 4 is 27.2 Å². The molecule has 3 N–H and O–H groups in total. The molecule has 202 valence electrons. The summed E-state index contributed by atoms with van der Waals surface area (Å²) in [5, 5.41) is 18.4. The summed E-state index contributed by atoms with van der Waals surface area (Å²) in [7, 11) is -0.00831. The highest BCUT2D eigenvalue weighted by Crippen LogP contribution is 2.32. The lowest BCUT2D eigenvalue weighted by Crippen LogP contribution is -2.47. The van der Waals surface area contributed by atoms with Crippen molar-refractivity contribution in [3.63, 3.8) is 0 Å². The number of aromatic nitrogens is 4. The van der Waals surface area contributed by atoms with Crippen LogP contribution < -0.4 is 10.3 Å². The van der Waals surface area contributed by atoms with E-state index in [0.29, 0.717) is 61.6 Å². The summed E-state index contributed by atoms with van der Waals surface area (Å²) >= 11 is 0. The zero-order valence-corrected chi connectivity index (χ0v) is 22.1. The van der Waals surface area contributed by atoms with Gasteiger partial charge in [-0.1, -0.05) is 13.3 Å². The van der Waals surface area contributed by atoms with Crippen LogP contribution in [0, 0.1) is 0 Å². The highest BCUT2D eigenvalue weighted by Gasteiger charge is 2.29. The fourth-order valence-corrected chi connectivity index (χ4v) is 5.54. The molecule has 0 unspecified atom stereocenters. The van der Waals surface area contributed by atoms with Crippen molar-refractivity contribution in [2.75, 3.05) is 39.8 Å². The number of hydrogen-bond acceptors (Lipinski definition) is 8. The quantitative estimate of drug-likeness (QED) is 0.405. The first-order valence-corrected chi connectivity index (χ1v) is 13.3. The number of nitrogens with one attached hydrogen (secondary N) is 1. The molecule has 0 amide bonds. The second kappa shape index (κ2) is 11.7. The minimum absolute atomic E-state index is 0.147. The molecule has 14 heteroatoms. The molecule has 0 atom stereocenters. The first-order chi connectivity index (χ1) is 17.5. The van der Waals surface area contributed by atoms with Gasteiger partial charge < -0.3 is 24.8 Å². The predicted octanol–water partition coefficient (Wildman–Crippen LogP) is 1.83. The molecule has 0 saturated carbocycles. The van der Waals surface area contributed by atoms with E-state index < -0.39 is 16.2 Å². The van der Waals surface area contributed by atoms with E-state index in [1.807, 2.05) is 20.9 Å². The van der Waals surface area contributed by atoms with Gasteiger partial charge in [0.15, 0.2) is 5.52 Å². The van der Waals surface area contributed by atoms with Crippen molar-refractivity contribution in [3.05, 3.63) is 34.2 Å². The van der Waals surface area contributed by atoms with Gasteiger partial charge in [0.25, 0.3) is 5.56 Å². The average Bonchev–Trinajstić information content (AvgIpc) is 3.15. The van der Waals surface area contributed by atoms with Crippen LogP contribution in [0.1, 0.15) is 26.0 Å². The molecule has 1 aliphatic heterocycles. The fraction of sp³-hybridized carbons (Fsp3) is 0.478. The summed E-state index contributed by atoms with van der Waals surface area (Å²) in [5.41, 5.74) is 1.75. The van der Waals surface area contributed by atoms with E-state index in [1.54, 1.807) is 25.2 Å². The van der Waals surface area contributed by atoms with E-state index in [1.165, 1.54) is 8.99 Å². The van der Waals surface area contributed by atoms with Crippen molar-refractivity contribution in [1.82, 2.24) is 29.0 Å². The summed E-state index contributed by atoms with van der Waals surface area (Å²) in [4.78, 5) is 31.2. The van der Waals surface area contributed by atoms with Crippen LogP contribution in [0.3, 0.4) is 0 Å². The monoisotopic (exact) mass is 536 g/mol. The maximum atomic E-state index is 13.3. The standard InChI is InChI=1S/C22H30N6O4S.CH2O3/c1-5-7-17-19-20(27(4)25-17)22(29)24-21(23-19)16-14-15(8-9-18(16)32-6-2)33(30,31)28-12-10-26(3)11-13-28;2-1(3)4/h8-9,14H,5-7,10-13H2,1-4H3,(H,23,24,29);(H2,2,3,4). The molecule has 37 heavy (non-hydrogen) atoms. The highest BCUT2D eigenvalue weighted by atomic mass is 32.2. The number of piperazine rings is 1. The molecule has 3 heterocycles. The minimum Gasteiger partial charge on any atom is -0.493 e. The molecule has 1 aliphatic rings. The topological polar surface area (TPSA) is 171 Å². The Labute approximate surface area is 214 Å². The minimum atomic E-state index is -3.70. The van der Waals surface area contributed by atoms with Gasteiger partial charge in [-0.25, -0.2) is 18.2 Å². The molecule has 1 fully saturated rings. The van der Waals surface area contributed by atoms with Crippen LogP contribution in [0.5, 0.6) is 5.75 Å². The molecular formula is C23H32N6O7S. The molecule has 1 saturated heterocycles. The van der Waals surface area contributed by atoms with Crippen LogP contribution in [0.15, 0.2) is 27.9 Å². The summed E-state index contributed by atoms with van der Waals surface area (Å²) in [6, 6.07) is 4.71.